The Kier molecular flexibility index (Phi) is 2.17. The van der Waals surface area contributed by atoms with Crippen LogP contribution in [0.4, 0.5) is 0 Å². The summed E-state index contributed by atoms with van der Waals surface area (Å²) in [4.78, 5) is 53.2. The molecule has 2 saturated heterocycles. The molecule has 0 bridgehead atoms. The fourth-order valence-corrected chi connectivity index (χ4v) is 5.33. The molecule has 0 N–H and O–H groups in total. The number of imide groups is 2. The van der Waals surface area contributed by atoms with Crippen molar-refractivity contribution in [3.63, 3.8) is 0 Å². The van der Waals surface area contributed by atoms with E-state index in [1.165, 1.54) is 11.9 Å². The third kappa shape index (κ3) is 0.833. The van der Waals surface area contributed by atoms with E-state index < -0.39 is 21.7 Å². The van der Waals surface area contributed by atoms with E-state index in [1.54, 1.807) is 34.6 Å². The van der Waals surface area contributed by atoms with Gasteiger partial charge in [0.05, 0.1) is 21.7 Å². The highest BCUT2D eigenvalue weighted by atomic mass is 16.2. The second-order valence-electron chi connectivity index (χ2n) is 7.02. The first-order chi connectivity index (χ1) is 9.49. The van der Waals surface area contributed by atoms with Crippen molar-refractivity contribution in [1.29, 1.82) is 0 Å². The number of nitrogens with zero attached hydrogens (tertiary/aromatic N) is 2. The molecule has 6 heteroatoms. The first-order valence-electron chi connectivity index (χ1n) is 7.18. The molecule has 0 aromatic carbocycles. The first kappa shape index (κ1) is 14.2. The molecule has 1 saturated carbocycles. The maximum Gasteiger partial charge on any atom is 0.237 e. The highest BCUT2D eigenvalue weighted by molar-refractivity contribution is 6.24. The molecule has 1 aliphatic carbocycles. The van der Waals surface area contributed by atoms with E-state index in [9.17, 15) is 19.2 Å². The minimum absolute atomic E-state index is 0.257. The molecule has 0 aromatic rings. The maximum absolute atomic E-state index is 12.8. The molecule has 6 nitrogen and oxygen atoms in total. The zero-order chi connectivity index (χ0) is 16.2. The van der Waals surface area contributed by atoms with E-state index in [4.69, 9.17) is 0 Å². The summed E-state index contributed by atoms with van der Waals surface area (Å²) in [5.74, 6) is -1.41. The van der Waals surface area contributed by atoms with Crippen LogP contribution in [0.15, 0.2) is 0 Å². The fraction of sp³-hybridized carbons (Fsp3) is 0.733. The predicted molar refractivity (Wildman–Crippen MR) is 72.6 cm³/mol. The van der Waals surface area contributed by atoms with Crippen LogP contribution in [-0.2, 0) is 19.2 Å². The van der Waals surface area contributed by atoms with Crippen molar-refractivity contribution in [2.24, 2.45) is 21.7 Å². The fourth-order valence-electron chi connectivity index (χ4n) is 5.33. The second kappa shape index (κ2) is 3.20. The third-order valence-electron chi connectivity index (χ3n) is 7.13. The summed E-state index contributed by atoms with van der Waals surface area (Å²) in [5, 5.41) is 0. The minimum Gasteiger partial charge on any atom is -0.285 e. The maximum atomic E-state index is 12.8. The monoisotopic (exact) mass is 292 g/mol. The highest BCUT2D eigenvalue weighted by Gasteiger charge is 2.96. The van der Waals surface area contributed by atoms with Crippen LogP contribution in [0, 0.1) is 21.7 Å². The van der Waals surface area contributed by atoms with Gasteiger partial charge in [-0.3, -0.25) is 29.0 Å². The molecule has 3 fully saturated rings. The number of carbonyl (C=O) groups excluding carboxylic acids is 4. The summed E-state index contributed by atoms with van der Waals surface area (Å²) < 4.78 is 0. The van der Waals surface area contributed by atoms with Crippen LogP contribution < -0.4 is 0 Å². The summed E-state index contributed by atoms with van der Waals surface area (Å²) in [6, 6.07) is 0. The van der Waals surface area contributed by atoms with Gasteiger partial charge in [0.15, 0.2) is 0 Å². The van der Waals surface area contributed by atoms with E-state index >= 15 is 0 Å². The molecule has 0 radical (unpaired) electrons. The zero-order valence-corrected chi connectivity index (χ0v) is 13.2. The number of likely N-dealkylation sites (tertiary alicyclic amines) is 2. The summed E-state index contributed by atoms with van der Waals surface area (Å²) in [7, 11) is 1.43. The van der Waals surface area contributed by atoms with Crippen LogP contribution in [0.25, 0.3) is 0 Å². The zero-order valence-electron chi connectivity index (χ0n) is 13.2. The topological polar surface area (TPSA) is 74.8 Å². The summed E-state index contributed by atoms with van der Waals surface area (Å²) in [6.07, 6.45) is 0. The Morgan fingerprint density at radius 1 is 0.714 bits per heavy atom. The lowest BCUT2D eigenvalue weighted by atomic mass is 9.27. The molecule has 21 heavy (non-hydrogen) atoms. The van der Waals surface area contributed by atoms with Gasteiger partial charge < -0.3 is 0 Å². The normalized spacial score (nSPS) is 48.7. The van der Waals surface area contributed by atoms with E-state index in [2.05, 4.69) is 0 Å². The Labute approximate surface area is 123 Å². The second-order valence-corrected chi connectivity index (χ2v) is 7.02. The van der Waals surface area contributed by atoms with E-state index in [0.29, 0.717) is 0 Å². The summed E-state index contributed by atoms with van der Waals surface area (Å²) in [5.41, 5.74) is -4.67. The molecular formula is C15H20N2O4. The van der Waals surface area contributed by atoms with Gasteiger partial charge in [0.2, 0.25) is 23.6 Å². The van der Waals surface area contributed by atoms with Crippen LogP contribution in [0.1, 0.15) is 34.6 Å². The molecule has 114 valence electrons. The molecule has 3 aliphatic rings. The number of fused-ring (bicyclic) bond motifs is 4. The molecular weight excluding hydrogens is 272 g/mol. The molecule has 3 rings (SSSR count). The Hall–Kier alpha value is -1.72. The standard InChI is InChI=1S/C15H20N2O4/c1-7-17-10(20)14(4)12(2)8(18)16(6)9(19)13(12,3)15(14,5)11(17)21/h7H2,1-6H3. The largest absolute Gasteiger partial charge is 0.285 e. The van der Waals surface area contributed by atoms with Crippen molar-refractivity contribution < 1.29 is 19.2 Å². The Morgan fingerprint density at radius 3 is 1.29 bits per heavy atom. The summed E-state index contributed by atoms with van der Waals surface area (Å²) in [6.45, 7) is 8.62. The van der Waals surface area contributed by atoms with Gasteiger partial charge in [0, 0.05) is 13.6 Å². The van der Waals surface area contributed by atoms with Crippen molar-refractivity contribution in [2.75, 3.05) is 13.6 Å². The van der Waals surface area contributed by atoms with Gasteiger partial charge >= 0.3 is 0 Å². The van der Waals surface area contributed by atoms with Gasteiger partial charge in [-0.25, -0.2) is 0 Å². The van der Waals surface area contributed by atoms with Crippen molar-refractivity contribution in [2.45, 2.75) is 34.6 Å². The lowest BCUT2D eigenvalue weighted by molar-refractivity contribution is -0.243. The van der Waals surface area contributed by atoms with E-state index in [0.717, 1.165) is 4.90 Å². The molecule has 4 amide bonds. The molecule has 2 aliphatic heterocycles. The summed E-state index contributed by atoms with van der Waals surface area (Å²) >= 11 is 0. The smallest absolute Gasteiger partial charge is 0.237 e. The van der Waals surface area contributed by atoms with Crippen molar-refractivity contribution in [3.05, 3.63) is 0 Å². The minimum atomic E-state index is -1.17. The van der Waals surface area contributed by atoms with Gasteiger partial charge in [-0.2, -0.15) is 0 Å². The van der Waals surface area contributed by atoms with Crippen molar-refractivity contribution >= 4 is 23.6 Å². The van der Waals surface area contributed by atoms with Gasteiger partial charge in [0.1, 0.15) is 0 Å². The Morgan fingerprint density at radius 2 is 1.00 bits per heavy atom. The van der Waals surface area contributed by atoms with Crippen LogP contribution in [0.2, 0.25) is 0 Å². The highest BCUT2D eigenvalue weighted by Crippen LogP contribution is 2.83. The lowest BCUT2D eigenvalue weighted by Crippen LogP contribution is -2.77. The third-order valence-corrected chi connectivity index (χ3v) is 7.13. The van der Waals surface area contributed by atoms with E-state index in [1.807, 2.05) is 0 Å². The average molecular weight is 292 g/mol. The van der Waals surface area contributed by atoms with Gasteiger partial charge in [-0.1, -0.05) is 0 Å². The molecule has 4 unspecified atom stereocenters. The lowest BCUT2D eigenvalue weighted by Gasteiger charge is -2.67. The van der Waals surface area contributed by atoms with Crippen molar-refractivity contribution in [3.8, 4) is 0 Å². The van der Waals surface area contributed by atoms with Gasteiger partial charge in [0.25, 0.3) is 0 Å². The molecule has 0 spiro atoms. The number of hydrogen-bond acceptors (Lipinski definition) is 4. The number of hydrogen-bond donors (Lipinski definition) is 0. The van der Waals surface area contributed by atoms with Crippen LogP contribution in [-0.4, -0.2) is 47.0 Å². The number of carbonyl (C=O) groups is 4. The van der Waals surface area contributed by atoms with Gasteiger partial charge in [-0.05, 0) is 34.6 Å². The first-order valence-corrected chi connectivity index (χ1v) is 7.18. The quantitative estimate of drug-likeness (QED) is 0.656. The number of amides is 4. The van der Waals surface area contributed by atoms with Crippen LogP contribution in [0.5, 0.6) is 0 Å². The van der Waals surface area contributed by atoms with Crippen molar-refractivity contribution in [1.82, 2.24) is 9.80 Å². The van der Waals surface area contributed by atoms with E-state index in [-0.39, 0.29) is 30.2 Å². The predicted octanol–water partition coefficient (Wildman–Crippen LogP) is 0.413. The molecule has 0 aromatic heterocycles. The van der Waals surface area contributed by atoms with Crippen LogP contribution in [0.3, 0.4) is 0 Å². The SMILES string of the molecule is CCN1C(=O)C2(C)C3(C)C(=O)N(C)C(=O)C3(C)C2(C)C1=O. The Bertz CT molecular complexity index is 592. The molecule has 2 heterocycles. The van der Waals surface area contributed by atoms with Gasteiger partial charge in [-0.15, -0.1) is 0 Å². The number of rotatable bonds is 1. The average Bonchev–Trinajstić information content (AvgIpc) is 2.68. The van der Waals surface area contributed by atoms with Crippen LogP contribution >= 0.6 is 0 Å². The Balaban J connectivity index is 2.35. The molecule has 4 atom stereocenters.